The van der Waals surface area contributed by atoms with Crippen LogP contribution in [0.5, 0.6) is 0 Å². The molecule has 0 aromatic rings. The summed E-state index contributed by atoms with van der Waals surface area (Å²) < 4.78 is 22.5. The molecule has 0 aromatic carbocycles. The van der Waals surface area contributed by atoms with E-state index in [0.717, 1.165) is 0 Å². The second-order valence-corrected chi connectivity index (χ2v) is 6.60. The predicted molar refractivity (Wildman–Crippen MR) is 88.1 cm³/mol. The molecule has 0 bridgehead atoms. The van der Waals surface area contributed by atoms with E-state index in [1.807, 2.05) is 41.5 Å². The molecule has 0 rings (SSSR count). The number of hydrogen-bond acceptors (Lipinski definition) is 5. The standard InChI is InChI=1S/C17H36O5/c1-11(13(3)19-7)15(18)17(6,22-10)16(5,21-9)12(2)14(4)20-8/h11-15,18H,1-10H3. The van der Waals surface area contributed by atoms with Gasteiger partial charge in [-0.25, -0.2) is 0 Å². The minimum absolute atomic E-state index is 0.00662. The van der Waals surface area contributed by atoms with Crippen molar-refractivity contribution in [3.8, 4) is 0 Å². The first-order valence-electron chi connectivity index (χ1n) is 7.91. The van der Waals surface area contributed by atoms with Gasteiger partial charge >= 0.3 is 0 Å². The molecule has 5 heteroatoms. The second kappa shape index (κ2) is 8.60. The molecule has 0 saturated carbocycles. The monoisotopic (exact) mass is 320 g/mol. The fourth-order valence-corrected chi connectivity index (χ4v) is 3.08. The highest BCUT2D eigenvalue weighted by atomic mass is 16.6. The normalized spacial score (nSPS) is 24.7. The zero-order chi connectivity index (χ0) is 17.7. The van der Waals surface area contributed by atoms with E-state index in [2.05, 4.69) is 0 Å². The van der Waals surface area contributed by atoms with E-state index in [-0.39, 0.29) is 24.0 Å². The van der Waals surface area contributed by atoms with Gasteiger partial charge in [-0.15, -0.1) is 0 Å². The molecule has 0 saturated heterocycles. The summed E-state index contributed by atoms with van der Waals surface area (Å²) >= 11 is 0. The topological polar surface area (TPSA) is 57.2 Å². The summed E-state index contributed by atoms with van der Waals surface area (Å²) in [5, 5.41) is 11.0. The van der Waals surface area contributed by atoms with Gasteiger partial charge in [-0.3, -0.25) is 0 Å². The molecule has 7 unspecified atom stereocenters. The molecule has 0 fully saturated rings. The lowest BCUT2D eigenvalue weighted by Gasteiger charge is -2.52. The lowest BCUT2D eigenvalue weighted by atomic mass is 9.68. The van der Waals surface area contributed by atoms with Crippen LogP contribution in [0, 0.1) is 11.8 Å². The molecule has 5 nitrogen and oxygen atoms in total. The van der Waals surface area contributed by atoms with Crippen molar-refractivity contribution in [2.45, 2.75) is 71.1 Å². The first kappa shape index (κ1) is 21.8. The zero-order valence-electron chi connectivity index (χ0n) is 16.0. The van der Waals surface area contributed by atoms with Gasteiger partial charge in [0.25, 0.3) is 0 Å². The van der Waals surface area contributed by atoms with E-state index < -0.39 is 17.3 Å². The van der Waals surface area contributed by atoms with Crippen LogP contribution in [0.4, 0.5) is 0 Å². The van der Waals surface area contributed by atoms with E-state index in [4.69, 9.17) is 18.9 Å². The molecule has 1 N–H and O–H groups in total. The maximum atomic E-state index is 11.0. The van der Waals surface area contributed by atoms with Gasteiger partial charge in [-0.1, -0.05) is 13.8 Å². The summed E-state index contributed by atoms with van der Waals surface area (Å²) in [7, 11) is 6.57. The molecular weight excluding hydrogens is 284 g/mol. The molecule has 134 valence electrons. The minimum Gasteiger partial charge on any atom is -0.390 e. The van der Waals surface area contributed by atoms with Crippen LogP contribution in [0.3, 0.4) is 0 Å². The van der Waals surface area contributed by atoms with Crippen LogP contribution >= 0.6 is 0 Å². The highest BCUT2D eigenvalue weighted by Gasteiger charge is 2.56. The van der Waals surface area contributed by atoms with Gasteiger partial charge in [0.2, 0.25) is 0 Å². The largest absolute Gasteiger partial charge is 0.390 e. The van der Waals surface area contributed by atoms with E-state index >= 15 is 0 Å². The van der Waals surface area contributed by atoms with E-state index in [0.29, 0.717) is 0 Å². The Morgan fingerprint density at radius 1 is 0.727 bits per heavy atom. The summed E-state index contributed by atoms with van der Waals surface area (Å²) in [5.74, 6) is -0.110. The first-order valence-corrected chi connectivity index (χ1v) is 7.91. The minimum atomic E-state index is -0.917. The van der Waals surface area contributed by atoms with Crippen LogP contribution < -0.4 is 0 Å². The molecule has 0 aliphatic heterocycles. The molecule has 0 heterocycles. The van der Waals surface area contributed by atoms with Gasteiger partial charge in [-0.05, 0) is 27.7 Å². The van der Waals surface area contributed by atoms with Crippen LogP contribution in [0.2, 0.25) is 0 Å². The van der Waals surface area contributed by atoms with Gasteiger partial charge in [0, 0.05) is 40.3 Å². The third-order valence-electron chi connectivity index (χ3n) is 5.95. The Hall–Kier alpha value is -0.200. The van der Waals surface area contributed by atoms with Crippen molar-refractivity contribution in [1.29, 1.82) is 0 Å². The molecule has 0 aromatic heterocycles. The quantitative estimate of drug-likeness (QED) is 0.670. The van der Waals surface area contributed by atoms with Crippen LogP contribution in [0.25, 0.3) is 0 Å². The summed E-state index contributed by atoms with van der Waals surface area (Å²) in [5.41, 5.74) is -1.65. The Balaban J connectivity index is 5.72. The number of aliphatic hydroxyl groups excluding tert-OH is 1. The Kier molecular flexibility index (Phi) is 8.52. The highest BCUT2D eigenvalue weighted by molar-refractivity contribution is 5.06. The maximum Gasteiger partial charge on any atom is 0.120 e. The number of methoxy groups -OCH3 is 4. The van der Waals surface area contributed by atoms with Crippen LogP contribution in [0.15, 0.2) is 0 Å². The van der Waals surface area contributed by atoms with Crippen molar-refractivity contribution in [1.82, 2.24) is 0 Å². The third-order valence-corrected chi connectivity index (χ3v) is 5.95. The van der Waals surface area contributed by atoms with E-state index in [1.165, 1.54) is 0 Å². The molecule has 0 radical (unpaired) electrons. The Bertz CT molecular complexity index is 324. The summed E-state index contributed by atoms with van der Waals surface area (Å²) in [6.07, 6.45) is -0.897. The van der Waals surface area contributed by atoms with Crippen molar-refractivity contribution in [3.05, 3.63) is 0 Å². The predicted octanol–water partition coefficient (Wildman–Crippen LogP) is 2.50. The van der Waals surface area contributed by atoms with E-state index in [9.17, 15) is 5.11 Å². The third kappa shape index (κ3) is 3.82. The fourth-order valence-electron chi connectivity index (χ4n) is 3.08. The Labute approximate surface area is 136 Å². The summed E-state index contributed by atoms with van der Waals surface area (Å²) in [4.78, 5) is 0. The highest BCUT2D eigenvalue weighted by Crippen LogP contribution is 2.42. The fraction of sp³-hybridized carbons (Fsp3) is 1.00. The van der Waals surface area contributed by atoms with Crippen molar-refractivity contribution >= 4 is 0 Å². The van der Waals surface area contributed by atoms with Gasteiger partial charge in [-0.2, -0.15) is 0 Å². The summed E-state index contributed by atoms with van der Waals surface area (Å²) in [6.45, 7) is 11.8. The Morgan fingerprint density at radius 2 is 1.14 bits per heavy atom. The first-order chi connectivity index (χ1) is 10.1. The average Bonchev–Trinajstić information content (AvgIpc) is 2.56. The number of ether oxygens (including phenoxy) is 4. The molecule has 0 spiro atoms. The van der Waals surface area contributed by atoms with Gasteiger partial charge in [0.05, 0.1) is 18.3 Å². The number of hydrogen-bond donors (Lipinski definition) is 1. The molecule has 0 amide bonds. The maximum absolute atomic E-state index is 11.0. The number of rotatable bonds is 10. The van der Waals surface area contributed by atoms with Crippen LogP contribution in [-0.2, 0) is 18.9 Å². The van der Waals surface area contributed by atoms with Crippen molar-refractivity contribution in [3.63, 3.8) is 0 Å². The molecular formula is C17H36O5. The van der Waals surface area contributed by atoms with Gasteiger partial charge < -0.3 is 24.1 Å². The SMILES string of the molecule is COC(C)C(C)C(O)C(C)(OC)C(C)(OC)C(C)C(C)OC. The van der Waals surface area contributed by atoms with Crippen LogP contribution in [-0.4, -0.2) is 63.1 Å². The summed E-state index contributed by atoms with van der Waals surface area (Å²) in [6, 6.07) is 0. The lowest BCUT2D eigenvalue weighted by molar-refractivity contribution is -0.254. The smallest absolute Gasteiger partial charge is 0.120 e. The van der Waals surface area contributed by atoms with Crippen LogP contribution in [0.1, 0.15) is 41.5 Å². The van der Waals surface area contributed by atoms with Gasteiger partial charge in [0.1, 0.15) is 11.2 Å². The average molecular weight is 320 g/mol. The van der Waals surface area contributed by atoms with Crippen molar-refractivity contribution in [2.75, 3.05) is 28.4 Å². The molecule has 0 aliphatic rings. The van der Waals surface area contributed by atoms with E-state index in [1.54, 1.807) is 28.4 Å². The van der Waals surface area contributed by atoms with Crippen molar-refractivity contribution in [2.24, 2.45) is 11.8 Å². The lowest BCUT2D eigenvalue weighted by Crippen LogP contribution is -2.66. The Morgan fingerprint density at radius 3 is 1.45 bits per heavy atom. The zero-order valence-corrected chi connectivity index (χ0v) is 16.0. The second-order valence-electron chi connectivity index (χ2n) is 6.60. The van der Waals surface area contributed by atoms with Gasteiger partial charge in [0.15, 0.2) is 0 Å². The molecule has 0 aliphatic carbocycles. The molecule has 22 heavy (non-hydrogen) atoms. The molecule has 7 atom stereocenters. The number of aliphatic hydroxyl groups is 1. The van der Waals surface area contributed by atoms with Crippen molar-refractivity contribution < 1.29 is 24.1 Å².